The van der Waals surface area contributed by atoms with E-state index in [0.29, 0.717) is 33.7 Å². The number of benzene rings is 3. The quantitative estimate of drug-likeness (QED) is 0.161. The molecular weight excluding hydrogens is 650 g/mol. The van der Waals surface area contributed by atoms with Crippen LogP contribution in [0.3, 0.4) is 0 Å². The highest BCUT2D eigenvalue weighted by atomic mass is 16.7. The fourth-order valence-corrected chi connectivity index (χ4v) is 6.37. The van der Waals surface area contributed by atoms with Crippen molar-refractivity contribution < 1.29 is 47.8 Å². The molecule has 2 aliphatic heterocycles. The molecule has 3 aliphatic rings. The van der Waals surface area contributed by atoms with Gasteiger partial charge in [0.2, 0.25) is 0 Å². The molecule has 0 radical (unpaired) electrons. The third-order valence-corrected chi connectivity index (χ3v) is 10.9. The molecular formula is C39H52B2O10. The van der Waals surface area contributed by atoms with E-state index in [9.17, 15) is 10.2 Å². The van der Waals surface area contributed by atoms with Crippen LogP contribution in [-0.2, 0) is 23.4 Å². The van der Waals surface area contributed by atoms with Gasteiger partial charge >= 0.3 is 14.2 Å². The van der Waals surface area contributed by atoms with Gasteiger partial charge in [0.1, 0.15) is 28.7 Å². The van der Waals surface area contributed by atoms with Crippen molar-refractivity contribution in [1.29, 1.82) is 0 Å². The fourth-order valence-electron chi connectivity index (χ4n) is 6.37. The summed E-state index contributed by atoms with van der Waals surface area (Å²) >= 11 is 0. The summed E-state index contributed by atoms with van der Waals surface area (Å²) in [5.41, 5.74) is -0.627. The van der Waals surface area contributed by atoms with Gasteiger partial charge in [0.15, 0.2) is 6.29 Å². The molecule has 0 amide bonds. The Morgan fingerprint density at radius 2 is 1.06 bits per heavy atom. The van der Waals surface area contributed by atoms with Crippen LogP contribution in [0, 0.1) is 0 Å². The molecule has 1 atom stereocenters. The summed E-state index contributed by atoms with van der Waals surface area (Å²) in [6.45, 7) is 17.6. The average Bonchev–Trinajstić information content (AvgIpc) is 3.40. The van der Waals surface area contributed by atoms with Gasteiger partial charge < -0.3 is 47.8 Å². The number of phenols is 2. The zero-order valence-electron chi connectivity index (χ0n) is 31.4. The zero-order valence-corrected chi connectivity index (χ0v) is 31.4. The van der Waals surface area contributed by atoms with Crippen LogP contribution in [0.25, 0.3) is 0 Å². The topological polar surface area (TPSA) is 114 Å². The van der Waals surface area contributed by atoms with Crippen molar-refractivity contribution in [2.24, 2.45) is 0 Å². The van der Waals surface area contributed by atoms with Gasteiger partial charge in [0.05, 0.1) is 28.5 Å². The van der Waals surface area contributed by atoms with Crippen LogP contribution in [0.2, 0.25) is 0 Å². The number of hydrogen-bond donors (Lipinski definition) is 2. The second kappa shape index (κ2) is 14.2. The predicted octanol–water partition coefficient (Wildman–Crippen LogP) is 6.93. The molecule has 10 nitrogen and oxygen atoms in total. The van der Waals surface area contributed by atoms with Crippen molar-refractivity contribution in [3.05, 3.63) is 66.2 Å². The molecule has 0 spiro atoms. The SMILES string of the molecule is CC(Oc1cccc(C(Oc2ccc(B3OC(C)(C)C(C)(C)O3)c(O)c2)Oc2ccc(B3OC(C)(C)C(C)(C)O3)c(O)c2)c1)OC1CCCCC1. The highest BCUT2D eigenvalue weighted by molar-refractivity contribution is 6.63. The summed E-state index contributed by atoms with van der Waals surface area (Å²) in [5.74, 6) is 1.19. The maximum absolute atomic E-state index is 11.1. The maximum atomic E-state index is 11.1. The van der Waals surface area contributed by atoms with Crippen molar-refractivity contribution in [2.45, 2.75) is 136 Å². The lowest BCUT2D eigenvalue weighted by Gasteiger charge is -2.32. The van der Waals surface area contributed by atoms with E-state index in [1.54, 1.807) is 24.3 Å². The Balaban J connectivity index is 1.24. The largest absolute Gasteiger partial charge is 0.508 e. The maximum Gasteiger partial charge on any atom is 0.498 e. The van der Waals surface area contributed by atoms with Crippen LogP contribution in [0.4, 0.5) is 0 Å². The van der Waals surface area contributed by atoms with E-state index >= 15 is 0 Å². The number of aromatic hydroxyl groups is 2. The third-order valence-electron chi connectivity index (χ3n) is 10.9. The van der Waals surface area contributed by atoms with Gasteiger partial charge in [-0.1, -0.05) is 43.5 Å². The summed E-state index contributed by atoms with van der Waals surface area (Å²) in [7, 11) is -1.48. The van der Waals surface area contributed by atoms with Gasteiger partial charge in [-0.2, -0.15) is 0 Å². The first-order valence-corrected chi connectivity index (χ1v) is 18.1. The molecule has 1 unspecified atom stereocenters. The van der Waals surface area contributed by atoms with Gasteiger partial charge in [0.25, 0.3) is 6.29 Å². The Kier molecular flexibility index (Phi) is 10.4. The standard InChI is InChI=1S/C39H52B2O10/c1-25(44-27-15-11-10-12-16-27)45-28-17-13-14-26(22-28)35(46-29-18-20-31(33(42)23-29)40-48-36(2,3)37(4,5)49-40)47-30-19-21-32(34(43)24-30)41-50-38(6,7)39(8,9)51-41/h13-14,17-25,27,35,42-43H,10-12,15-16H2,1-9H3. The Morgan fingerprint density at radius 1 is 0.608 bits per heavy atom. The lowest BCUT2D eigenvalue weighted by Crippen LogP contribution is -2.41. The molecule has 3 fully saturated rings. The Labute approximate surface area is 302 Å². The first-order chi connectivity index (χ1) is 23.9. The molecule has 3 aromatic rings. The normalized spacial score (nSPS) is 21.5. The molecule has 274 valence electrons. The Morgan fingerprint density at radius 3 is 1.51 bits per heavy atom. The van der Waals surface area contributed by atoms with Crippen LogP contribution >= 0.6 is 0 Å². The number of phenolic OH excluding ortho intramolecular Hbond substituents is 2. The summed E-state index contributed by atoms with van der Waals surface area (Å²) in [5, 5.41) is 22.2. The van der Waals surface area contributed by atoms with E-state index in [2.05, 4.69) is 0 Å². The lowest BCUT2D eigenvalue weighted by atomic mass is 9.78. The lowest BCUT2D eigenvalue weighted by molar-refractivity contribution is -0.117. The minimum absolute atomic E-state index is 0.0417. The molecule has 6 rings (SSSR count). The van der Waals surface area contributed by atoms with Crippen molar-refractivity contribution in [2.75, 3.05) is 0 Å². The first-order valence-electron chi connectivity index (χ1n) is 18.1. The summed E-state index contributed by atoms with van der Waals surface area (Å²) in [4.78, 5) is 0. The van der Waals surface area contributed by atoms with E-state index in [-0.39, 0.29) is 17.6 Å². The van der Waals surface area contributed by atoms with Gasteiger partial charge in [-0.3, -0.25) is 0 Å². The van der Waals surface area contributed by atoms with Crippen LogP contribution in [0.15, 0.2) is 60.7 Å². The molecule has 1 saturated carbocycles. The smallest absolute Gasteiger partial charge is 0.498 e. The molecule has 2 N–H and O–H groups in total. The molecule has 12 heteroatoms. The molecule has 2 heterocycles. The zero-order chi connectivity index (χ0) is 36.8. The summed E-state index contributed by atoms with van der Waals surface area (Å²) in [6.07, 6.45) is 4.41. The molecule has 3 aromatic carbocycles. The van der Waals surface area contributed by atoms with Gasteiger partial charge in [-0.25, -0.2) is 0 Å². The van der Waals surface area contributed by atoms with Crippen LogP contribution in [0.1, 0.15) is 106 Å². The average molecular weight is 702 g/mol. The van der Waals surface area contributed by atoms with Crippen LogP contribution < -0.4 is 25.1 Å². The van der Waals surface area contributed by atoms with Gasteiger partial charge in [-0.15, -0.1) is 0 Å². The predicted molar refractivity (Wildman–Crippen MR) is 196 cm³/mol. The minimum atomic E-state index is -1.01. The molecule has 2 saturated heterocycles. The molecule has 0 aromatic heterocycles. The van der Waals surface area contributed by atoms with E-state index in [1.165, 1.54) is 31.4 Å². The monoisotopic (exact) mass is 702 g/mol. The number of hydrogen-bond acceptors (Lipinski definition) is 10. The first kappa shape index (κ1) is 37.4. The van der Waals surface area contributed by atoms with Crippen molar-refractivity contribution in [3.8, 4) is 28.7 Å². The third kappa shape index (κ3) is 8.15. The Hall–Kier alpha value is -3.41. The van der Waals surface area contributed by atoms with Gasteiger partial charge in [-0.05, 0) is 99.4 Å². The minimum Gasteiger partial charge on any atom is -0.508 e. The second-order valence-corrected chi connectivity index (χ2v) is 15.8. The summed E-state index contributed by atoms with van der Waals surface area (Å²) < 4.78 is 49.8. The van der Waals surface area contributed by atoms with Crippen molar-refractivity contribution >= 4 is 25.2 Å². The van der Waals surface area contributed by atoms with Crippen LogP contribution in [-0.4, -0.2) is 59.2 Å². The van der Waals surface area contributed by atoms with Gasteiger partial charge in [0, 0.05) is 28.6 Å². The Bertz CT molecular complexity index is 1570. The van der Waals surface area contributed by atoms with Crippen molar-refractivity contribution in [3.63, 3.8) is 0 Å². The number of rotatable bonds is 11. The fraction of sp³-hybridized carbons (Fsp3) is 0.538. The van der Waals surface area contributed by atoms with Crippen LogP contribution in [0.5, 0.6) is 28.7 Å². The van der Waals surface area contributed by atoms with Crippen molar-refractivity contribution in [1.82, 2.24) is 0 Å². The molecule has 51 heavy (non-hydrogen) atoms. The summed E-state index contributed by atoms with van der Waals surface area (Å²) in [6, 6.07) is 17.3. The highest BCUT2D eigenvalue weighted by Crippen LogP contribution is 2.39. The molecule has 1 aliphatic carbocycles. The molecule has 0 bridgehead atoms. The van der Waals surface area contributed by atoms with E-state index in [4.69, 9.17) is 37.6 Å². The van der Waals surface area contributed by atoms with E-state index < -0.39 is 49.2 Å². The number of ether oxygens (including phenoxy) is 4. The van der Waals surface area contributed by atoms with E-state index in [1.807, 2.05) is 86.6 Å². The van der Waals surface area contributed by atoms with E-state index in [0.717, 1.165) is 12.8 Å². The highest BCUT2D eigenvalue weighted by Gasteiger charge is 2.53. The second-order valence-electron chi connectivity index (χ2n) is 15.8.